The van der Waals surface area contributed by atoms with Crippen LogP contribution in [0, 0.1) is 20.8 Å². The minimum Gasteiger partial charge on any atom is -0.465 e. The number of benzene rings is 2. The summed E-state index contributed by atoms with van der Waals surface area (Å²) in [4.78, 5) is 32.7. The van der Waals surface area contributed by atoms with E-state index in [1.165, 1.54) is 7.11 Å². The molecule has 0 saturated carbocycles. The molecule has 0 radical (unpaired) electrons. The molecule has 148 valence electrons. The fraction of sp³-hybridized carbons (Fsp3) is 0.182. The lowest BCUT2D eigenvalue weighted by Gasteiger charge is -2.10. The number of rotatable bonds is 5. The molecular weight excluding hydrogens is 368 g/mol. The molecule has 0 aliphatic heterocycles. The molecule has 0 spiro atoms. The van der Waals surface area contributed by atoms with Gasteiger partial charge in [-0.3, -0.25) is 4.79 Å². The van der Waals surface area contributed by atoms with Crippen LogP contribution < -0.4 is 10.6 Å². The van der Waals surface area contributed by atoms with Crippen molar-refractivity contribution in [2.45, 2.75) is 20.8 Å². The molecule has 0 aliphatic rings. The number of methoxy groups -OCH3 is 1. The zero-order valence-electron chi connectivity index (χ0n) is 16.7. The number of anilines is 3. The molecule has 29 heavy (non-hydrogen) atoms. The SMILES string of the molecule is COC(=O)c1ccc(Nc2cc(C(=O)Nc3ccc(C)c(C)c3)nc(C)n2)cc1. The summed E-state index contributed by atoms with van der Waals surface area (Å²) in [6, 6.07) is 14.1. The zero-order chi connectivity index (χ0) is 21.0. The second-order valence-corrected chi connectivity index (χ2v) is 6.63. The Labute approximate surface area is 169 Å². The van der Waals surface area contributed by atoms with Crippen LogP contribution in [0.1, 0.15) is 37.8 Å². The van der Waals surface area contributed by atoms with Crippen molar-refractivity contribution in [3.8, 4) is 0 Å². The Morgan fingerprint density at radius 1 is 0.862 bits per heavy atom. The number of nitrogens with one attached hydrogen (secondary N) is 2. The van der Waals surface area contributed by atoms with Gasteiger partial charge in [-0.15, -0.1) is 0 Å². The fourth-order valence-corrected chi connectivity index (χ4v) is 2.72. The topological polar surface area (TPSA) is 93.2 Å². The van der Waals surface area contributed by atoms with E-state index in [0.29, 0.717) is 22.9 Å². The van der Waals surface area contributed by atoms with Crippen molar-refractivity contribution in [1.29, 1.82) is 0 Å². The van der Waals surface area contributed by atoms with Gasteiger partial charge < -0.3 is 15.4 Å². The highest BCUT2D eigenvalue weighted by atomic mass is 16.5. The zero-order valence-corrected chi connectivity index (χ0v) is 16.7. The molecule has 0 aliphatic carbocycles. The molecule has 2 aromatic carbocycles. The van der Waals surface area contributed by atoms with Crippen molar-refractivity contribution in [2.75, 3.05) is 17.7 Å². The van der Waals surface area contributed by atoms with Crippen LogP contribution in [0.4, 0.5) is 17.2 Å². The van der Waals surface area contributed by atoms with Crippen LogP contribution in [0.25, 0.3) is 0 Å². The first-order valence-corrected chi connectivity index (χ1v) is 9.05. The molecule has 1 heterocycles. The van der Waals surface area contributed by atoms with E-state index in [4.69, 9.17) is 4.74 Å². The van der Waals surface area contributed by atoms with Crippen molar-refractivity contribution >= 4 is 29.1 Å². The van der Waals surface area contributed by atoms with Crippen molar-refractivity contribution in [3.05, 3.63) is 76.7 Å². The monoisotopic (exact) mass is 390 g/mol. The van der Waals surface area contributed by atoms with E-state index in [-0.39, 0.29) is 11.6 Å². The van der Waals surface area contributed by atoms with E-state index in [2.05, 4.69) is 20.6 Å². The van der Waals surface area contributed by atoms with Crippen LogP contribution in [0.15, 0.2) is 48.5 Å². The first kappa shape index (κ1) is 20.0. The minimum absolute atomic E-state index is 0.254. The number of hydrogen-bond acceptors (Lipinski definition) is 6. The highest BCUT2D eigenvalue weighted by molar-refractivity contribution is 6.03. The van der Waals surface area contributed by atoms with Gasteiger partial charge in [0.2, 0.25) is 0 Å². The van der Waals surface area contributed by atoms with Gasteiger partial charge in [0.1, 0.15) is 17.3 Å². The summed E-state index contributed by atoms with van der Waals surface area (Å²) in [6.45, 7) is 5.73. The highest BCUT2D eigenvalue weighted by Crippen LogP contribution is 2.18. The average molecular weight is 390 g/mol. The molecule has 7 heteroatoms. The summed E-state index contributed by atoms with van der Waals surface area (Å²) in [5.74, 6) is 0.225. The predicted molar refractivity (Wildman–Crippen MR) is 112 cm³/mol. The third-order valence-electron chi connectivity index (χ3n) is 4.41. The lowest BCUT2D eigenvalue weighted by Crippen LogP contribution is -2.15. The maximum absolute atomic E-state index is 12.6. The van der Waals surface area contributed by atoms with Crippen LogP contribution in [0.5, 0.6) is 0 Å². The molecule has 0 bridgehead atoms. The van der Waals surface area contributed by atoms with Gasteiger partial charge in [-0.05, 0) is 68.3 Å². The van der Waals surface area contributed by atoms with Gasteiger partial charge in [-0.1, -0.05) is 6.07 Å². The standard InChI is InChI=1S/C22H22N4O3/c1-13-5-8-18(11-14(13)2)26-21(27)19-12-20(24-15(3)23-19)25-17-9-6-16(7-10-17)22(28)29-4/h5-12H,1-4H3,(H,26,27)(H,23,24,25). The minimum atomic E-state index is -0.403. The number of carbonyl (C=O) groups excluding carboxylic acids is 2. The molecule has 0 unspecified atom stereocenters. The quantitative estimate of drug-likeness (QED) is 0.635. The van der Waals surface area contributed by atoms with Crippen LogP contribution in [-0.4, -0.2) is 29.0 Å². The van der Waals surface area contributed by atoms with Gasteiger partial charge in [0.15, 0.2) is 0 Å². The smallest absolute Gasteiger partial charge is 0.337 e. The summed E-state index contributed by atoms with van der Waals surface area (Å²) in [5.41, 5.74) is 4.39. The number of amides is 1. The van der Waals surface area contributed by atoms with Crippen LogP contribution in [0.2, 0.25) is 0 Å². The number of aryl methyl sites for hydroxylation is 3. The molecule has 1 amide bonds. The van der Waals surface area contributed by atoms with Crippen molar-refractivity contribution in [1.82, 2.24) is 9.97 Å². The van der Waals surface area contributed by atoms with Gasteiger partial charge in [0, 0.05) is 17.4 Å². The first-order chi connectivity index (χ1) is 13.9. The van der Waals surface area contributed by atoms with Crippen LogP contribution in [-0.2, 0) is 4.74 Å². The molecule has 2 N–H and O–H groups in total. The molecule has 3 aromatic rings. The van der Waals surface area contributed by atoms with E-state index in [9.17, 15) is 9.59 Å². The van der Waals surface area contributed by atoms with Gasteiger partial charge in [-0.25, -0.2) is 14.8 Å². The Kier molecular flexibility index (Phi) is 5.87. The van der Waals surface area contributed by atoms with Gasteiger partial charge in [0.25, 0.3) is 5.91 Å². The summed E-state index contributed by atoms with van der Waals surface area (Å²) in [7, 11) is 1.34. The van der Waals surface area contributed by atoms with Gasteiger partial charge in [-0.2, -0.15) is 0 Å². The number of hydrogen-bond donors (Lipinski definition) is 2. The molecule has 3 rings (SSSR count). The number of ether oxygens (including phenoxy) is 1. The van der Waals surface area contributed by atoms with E-state index in [1.54, 1.807) is 37.3 Å². The largest absolute Gasteiger partial charge is 0.465 e. The third-order valence-corrected chi connectivity index (χ3v) is 4.41. The Hall–Kier alpha value is -3.74. The van der Waals surface area contributed by atoms with E-state index in [1.807, 2.05) is 32.0 Å². The van der Waals surface area contributed by atoms with Crippen LogP contribution >= 0.6 is 0 Å². The van der Waals surface area contributed by atoms with Crippen molar-refractivity contribution in [3.63, 3.8) is 0 Å². The lowest BCUT2D eigenvalue weighted by molar-refractivity contribution is 0.0600. The number of carbonyl (C=O) groups is 2. The Balaban J connectivity index is 1.77. The molecule has 1 aromatic heterocycles. The molecular formula is C22H22N4O3. The summed E-state index contributed by atoms with van der Waals surface area (Å²) < 4.78 is 4.69. The number of esters is 1. The summed E-state index contributed by atoms with van der Waals surface area (Å²) >= 11 is 0. The lowest BCUT2D eigenvalue weighted by atomic mass is 10.1. The van der Waals surface area contributed by atoms with Crippen molar-refractivity contribution < 1.29 is 14.3 Å². The first-order valence-electron chi connectivity index (χ1n) is 9.05. The van der Waals surface area contributed by atoms with Crippen LogP contribution in [0.3, 0.4) is 0 Å². The molecule has 0 saturated heterocycles. The van der Waals surface area contributed by atoms with E-state index >= 15 is 0 Å². The molecule has 7 nitrogen and oxygen atoms in total. The number of aromatic nitrogens is 2. The van der Waals surface area contributed by atoms with Crippen molar-refractivity contribution in [2.24, 2.45) is 0 Å². The second kappa shape index (κ2) is 8.52. The normalized spacial score (nSPS) is 10.3. The summed E-state index contributed by atoms with van der Waals surface area (Å²) in [5, 5.41) is 5.98. The van der Waals surface area contributed by atoms with E-state index in [0.717, 1.165) is 16.8 Å². The van der Waals surface area contributed by atoms with Gasteiger partial charge >= 0.3 is 5.97 Å². The highest BCUT2D eigenvalue weighted by Gasteiger charge is 2.12. The molecule has 0 atom stereocenters. The third kappa shape index (κ3) is 4.95. The average Bonchev–Trinajstić information content (AvgIpc) is 2.70. The molecule has 0 fully saturated rings. The summed E-state index contributed by atoms with van der Waals surface area (Å²) in [6.07, 6.45) is 0. The fourth-order valence-electron chi connectivity index (χ4n) is 2.72. The Morgan fingerprint density at radius 2 is 1.55 bits per heavy atom. The maximum Gasteiger partial charge on any atom is 0.337 e. The number of nitrogens with zero attached hydrogens (tertiary/aromatic N) is 2. The van der Waals surface area contributed by atoms with E-state index < -0.39 is 5.97 Å². The second-order valence-electron chi connectivity index (χ2n) is 6.63. The van der Waals surface area contributed by atoms with Gasteiger partial charge in [0.05, 0.1) is 12.7 Å². The predicted octanol–water partition coefficient (Wildman–Crippen LogP) is 4.18. The Bertz CT molecular complexity index is 1060. The Morgan fingerprint density at radius 3 is 2.21 bits per heavy atom. The maximum atomic E-state index is 12.6.